The number of rotatable bonds is 6. The second-order valence-electron chi connectivity index (χ2n) is 4.98. The van der Waals surface area contributed by atoms with Gasteiger partial charge in [0, 0.05) is 9.79 Å². The van der Waals surface area contributed by atoms with Crippen LogP contribution in [0.25, 0.3) is 0 Å². The Morgan fingerprint density at radius 1 is 0.720 bits per heavy atom. The molecule has 0 aromatic heterocycles. The molecular formula is C21H17NOS2. The standard InChI is InChI=1S/C21H17NOS2/c1-4-10-18(11-5-1)23-22-21(25-20-14-8-3-9-15-20)16-17-24-19-12-6-2-7-13-19/h1-17H. The molecule has 0 heterocycles. The van der Waals surface area contributed by atoms with Crippen molar-refractivity contribution in [2.24, 2.45) is 5.16 Å². The molecule has 0 aliphatic rings. The Hall–Kier alpha value is -2.43. The monoisotopic (exact) mass is 363 g/mol. The van der Waals surface area contributed by atoms with Crippen LogP contribution in [0.4, 0.5) is 0 Å². The summed E-state index contributed by atoms with van der Waals surface area (Å²) in [5.74, 6) is 0.720. The van der Waals surface area contributed by atoms with Crippen molar-refractivity contribution in [3.63, 3.8) is 0 Å². The summed E-state index contributed by atoms with van der Waals surface area (Å²) in [6.07, 6.45) is 1.97. The van der Waals surface area contributed by atoms with Crippen LogP contribution >= 0.6 is 23.5 Å². The van der Waals surface area contributed by atoms with Gasteiger partial charge in [0.05, 0.1) is 0 Å². The molecule has 3 aromatic carbocycles. The van der Waals surface area contributed by atoms with Crippen molar-refractivity contribution >= 4 is 28.6 Å². The average molecular weight is 364 g/mol. The second-order valence-corrected chi connectivity index (χ2v) is 7.06. The number of para-hydroxylation sites is 1. The largest absolute Gasteiger partial charge is 0.356 e. The topological polar surface area (TPSA) is 21.6 Å². The molecule has 3 rings (SSSR count). The molecule has 0 aliphatic heterocycles. The summed E-state index contributed by atoms with van der Waals surface area (Å²) in [5.41, 5.74) is 0. The Kier molecular flexibility index (Phi) is 6.80. The Labute approximate surface area is 156 Å². The molecule has 0 spiro atoms. The molecule has 0 aliphatic carbocycles. The van der Waals surface area contributed by atoms with Crippen LogP contribution in [0.2, 0.25) is 0 Å². The van der Waals surface area contributed by atoms with Gasteiger partial charge in [-0.3, -0.25) is 0 Å². The van der Waals surface area contributed by atoms with E-state index in [-0.39, 0.29) is 0 Å². The number of hydrogen-bond acceptors (Lipinski definition) is 4. The lowest BCUT2D eigenvalue weighted by molar-refractivity contribution is 0.343. The van der Waals surface area contributed by atoms with Crippen LogP contribution in [-0.4, -0.2) is 5.04 Å². The maximum absolute atomic E-state index is 5.55. The fraction of sp³-hybridized carbons (Fsp3) is 0. The molecule has 0 amide bonds. The number of thioether (sulfide) groups is 2. The number of hydrogen-bond donors (Lipinski definition) is 0. The highest BCUT2D eigenvalue weighted by molar-refractivity contribution is 8.14. The van der Waals surface area contributed by atoms with E-state index in [9.17, 15) is 0 Å². The minimum atomic E-state index is 0.720. The molecular weight excluding hydrogens is 346 g/mol. The fourth-order valence-electron chi connectivity index (χ4n) is 1.94. The van der Waals surface area contributed by atoms with Gasteiger partial charge in [0.2, 0.25) is 0 Å². The van der Waals surface area contributed by atoms with Gasteiger partial charge in [-0.25, -0.2) is 0 Å². The first-order chi connectivity index (χ1) is 12.4. The first-order valence-corrected chi connectivity index (χ1v) is 9.51. The summed E-state index contributed by atoms with van der Waals surface area (Å²) in [4.78, 5) is 7.85. The molecule has 2 nitrogen and oxygen atoms in total. The molecule has 0 saturated carbocycles. The molecule has 0 bridgehead atoms. The predicted octanol–water partition coefficient (Wildman–Crippen LogP) is 6.48. The Bertz CT molecular complexity index is 818. The maximum atomic E-state index is 5.55. The Morgan fingerprint density at radius 3 is 1.92 bits per heavy atom. The summed E-state index contributed by atoms with van der Waals surface area (Å²) < 4.78 is 0. The van der Waals surface area contributed by atoms with Crippen LogP contribution in [-0.2, 0) is 0 Å². The number of oxime groups is 1. The fourth-order valence-corrected chi connectivity index (χ4v) is 3.44. The average Bonchev–Trinajstić information content (AvgIpc) is 2.68. The van der Waals surface area contributed by atoms with Crippen molar-refractivity contribution in [2.75, 3.05) is 0 Å². The molecule has 0 saturated heterocycles. The van der Waals surface area contributed by atoms with Gasteiger partial charge in [0.25, 0.3) is 0 Å². The number of benzene rings is 3. The summed E-state index contributed by atoms with van der Waals surface area (Å²) in [5, 5.41) is 7.12. The quantitative estimate of drug-likeness (QED) is 0.217. The SMILES string of the molecule is C(=CC(=NOc1ccccc1)Sc1ccccc1)Sc1ccccc1. The van der Waals surface area contributed by atoms with Crippen molar-refractivity contribution in [1.29, 1.82) is 0 Å². The smallest absolute Gasteiger partial charge is 0.158 e. The minimum Gasteiger partial charge on any atom is -0.356 e. The van der Waals surface area contributed by atoms with Crippen LogP contribution in [0, 0.1) is 0 Å². The molecule has 124 valence electrons. The normalized spacial score (nSPS) is 11.6. The minimum absolute atomic E-state index is 0.720. The van der Waals surface area contributed by atoms with E-state index in [0.29, 0.717) is 0 Å². The molecule has 0 atom stereocenters. The highest BCUT2D eigenvalue weighted by Crippen LogP contribution is 2.23. The summed E-state index contributed by atoms with van der Waals surface area (Å²) in [6, 6.07) is 30.0. The van der Waals surface area contributed by atoms with Gasteiger partial charge in [0.15, 0.2) is 5.75 Å². The lowest BCUT2D eigenvalue weighted by atomic mass is 10.3. The first-order valence-electron chi connectivity index (χ1n) is 7.81. The van der Waals surface area contributed by atoms with E-state index in [1.165, 1.54) is 4.90 Å². The number of nitrogens with zero attached hydrogens (tertiary/aromatic N) is 1. The van der Waals surface area contributed by atoms with E-state index in [0.717, 1.165) is 15.7 Å². The maximum Gasteiger partial charge on any atom is 0.158 e. The van der Waals surface area contributed by atoms with Crippen LogP contribution in [0.1, 0.15) is 0 Å². The zero-order valence-electron chi connectivity index (χ0n) is 13.5. The van der Waals surface area contributed by atoms with Crippen molar-refractivity contribution in [1.82, 2.24) is 0 Å². The van der Waals surface area contributed by atoms with Crippen molar-refractivity contribution < 1.29 is 4.84 Å². The van der Waals surface area contributed by atoms with Crippen LogP contribution in [0.3, 0.4) is 0 Å². The van der Waals surface area contributed by atoms with Crippen molar-refractivity contribution in [3.8, 4) is 5.75 Å². The molecule has 0 N–H and O–H groups in total. The van der Waals surface area contributed by atoms with E-state index >= 15 is 0 Å². The van der Waals surface area contributed by atoms with Gasteiger partial charge in [-0.1, -0.05) is 83.3 Å². The van der Waals surface area contributed by atoms with Gasteiger partial charge in [0.1, 0.15) is 5.04 Å². The van der Waals surface area contributed by atoms with Crippen LogP contribution in [0.5, 0.6) is 5.75 Å². The van der Waals surface area contributed by atoms with Crippen LogP contribution < -0.4 is 4.84 Å². The third kappa shape index (κ3) is 6.18. The van der Waals surface area contributed by atoms with Crippen LogP contribution in [0.15, 0.2) is 117 Å². The summed E-state index contributed by atoms with van der Waals surface area (Å²) in [7, 11) is 0. The van der Waals surface area contributed by atoms with E-state index in [1.807, 2.05) is 78.2 Å². The molecule has 0 radical (unpaired) electrons. The van der Waals surface area contributed by atoms with E-state index in [2.05, 4.69) is 29.4 Å². The van der Waals surface area contributed by atoms with Gasteiger partial charge >= 0.3 is 0 Å². The first kappa shape index (κ1) is 17.4. The van der Waals surface area contributed by atoms with Gasteiger partial charge < -0.3 is 4.84 Å². The Balaban J connectivity index is 1.71. The molecule has 3 aromatic rings. The summed E-state index contributed by atoms with van der Waals surface area (Å²) in [6.45, 7) is 0. The zero-order chi connectivity index (χ0) is 17.2. The van der Waals surface area contributed by atoms with Crippen molar-refractivity contribution in [3.05, 3.63) is 102 Å². The lowest BCUT2D eigenvalue weighted by Gasteiger charge is -2.03. The Morgan fingerprint density at radius 2 is 1.28 bits per heavy atom. The highest BCUT2D eigenvalue weighted by Gasteiger charge is 2.01. The van der Waals surface area contributed by atoms with Gasteiger partial charge in [-0.15, -0.1) is 0 Å². The molecule has 25 heavy (non-hydrogen) atoms. The third-order valence-electron chi connectivity index (χ3n) is 3.11. The third-order valence-corrected chi connectivity index (χ3v) is 4.85. The lowest BCUT2D eigenvalue weighted by Crippen LogP contribution is -1.92. The predicted molar refractivity (Wildman–Crippen MR) is 108 cm³/mol. The molecule has 0 unspecified atom stereocenters. The molecule has 4 heteroatoms. The van der Waals surface area contributed by atoms with Crippen molar-refractivity contribution in [2.45, 2.75) is 9.79 Å². The molecule has 0 fully saturated rings. The van der Waals surface area contributed by atoms with Gasteiger partial charge in [-0.2, -0.15) is 0 Å². The van der Waals surface area contributed by atoms with E-state index < -0.39 is 0 Å². The summed E-state index contributed by atoms with van der Waals surface area (Å²) >= 11 is 3.22. The van der Waals surface area contributed by atoms with E-state index in [4.69, 9.17) is 4.84 Å². The zero-order valence-corrected chi connectivity index (χ0v) is 15.1. The second kappa shape index (κ2) is 9.77. The van der Waals surface area contributed by atoms with E-state index in [1.54, 1.807) is 23.5 Å². The van der Waals surface area contributed by atoms with Gasteiger partial charge in [-0.05, 0) is 47.9 Å². The highest BCUT2D eigenvalue weighted by atomic mass is 32.2.